The number of hydrogen-bond donors (Lipinski definition) is 1. The van der Waals surface area contributed by atoms with E-state index in [1.807, 2.05) is 6.07 Å². The maximum absolute atomic E-state index is 9.12. The predicted octanol–water partition coefficient (Wildman–Crippen LogP) is 1.85. The fourth-order valence-electron chi connectivity index (χ4n) is 1.59. The van der Waals surface area contributed by atoms with Gasteiger partial charge in [-0.2, -0.15) is 0 Å². The van der Waals surface area contributed by atoms with Crippen LogP contribution < -0.4 is 9.47 Å². The highest BCUT2D eigenvalue weighted by atomic mass is 16.5. The number of aliphatic hydroxyl groups excluding tert-OH is 1. The van der Waals surface area contributed by atoms with E-state index in [1.165, 1.54) is 6.39 Å². The minimum absolute atomic E-state index is 0.166. The Morgan fingerprint density at radius 3 is 2.65 bits per heavy atom. The molecular formula is C12H13NO4. The molecule has 0 amide bonds. The van der Waals surface area contributed by atoms with Crippen molar-refractivity contribution in [1.29, 1.82) is 0 Å². The van der Waals surface area contributed by atoms with Gasteiger partial charge in [0.2, 0.25) is 0 Å². The monoisotopic (exact) mass is 235 g/mol. The van der Waals surface area contributed by atoms with Crippen LogP contribution in [0.4, 0.5) is 0 Å². The van der Waals surface area contributed by atoms with Crippen molar-refractivity contribution in [2.45, 2.75) is 6.61 Å². The summed E-state index contributed by atoms with van der Waals surface area (Å²) in [5.74, 6) is 1.78. The Kier molecular flexibility index (Phi) is 3.30. The summed E-state index contributed by atoms with van der Waals surface area (Å²) in [6.07, 6.45) is 1.30. The largest absolute Gasteiger partial charge is 0.493 e. The van der Waals surface area contributed by atoms with Gasteiger partial charge >= 0.3 is 0 Å². The Bertz CT molecular complexity index is 507. The highest BCUT2D eigenvalue weighted by molar-refractivity contribution is 5.64. The minimum Gasteiger partial charge on any atom is -0.493 e. The lowest BCUT2D eigenvalue weighted by Gasteiger charge is -2.08. The van der Waals surface area contributed by atoms with E-state index in [-0.39, 0.29) is 6.61 Å². The normalized spacial score (nSPS) is 10.3. The summed E-state index contributed by atoms with van der Waals surface area (Å²) < 4.78 is 15.6. The fraction of sp³-hybridized carbons (Fsp3) is 0.250. The van der Waals surface area contributed by atoms with Crippen LogP contribution in [0, 0.1) is 0 Å². The van der Waals surface area contributed by atoms with Gasteiger partial charge in [0.25, 0.3) is 0 Å². The number of ether oxygens (including phenoxy) is 2. The molecule has 90 valence electrons. The third-order valence-corrected chi connectivity index (χ3v) is 2.44. The van der Waals surface area contributed by atoms with Crippen LogP contribution in [0.2, 0.25) is 0 Å². The summed E-state index contributed by atoms with van der Waals surface area (Å²) in [4.78, 5) is 3.92. The molecule has 0 saturated carbocycles. The number of hydrogen-bond acceptors (Lipinski definition) is 5. The van der Waals surface area contributed by atoms with Gasteiger partial charge in [-0.3, -0.25) is 0 Å². The van der Waals surface area contributed by atoms with Crippen molar-refractivity contribution >= 4 is 0 Å². The molecule has 2 rings (SSSR count). The van der Waals surface area contributed by atoms with Gasteiger partial charge in [0, 0.05) is 5.56 Å². The van der Waals surface area contributed by atoms with Crippen molar-refractivity contribution in [2.75, 3.05) is 14.2 Å². The Morgan fingerprint density at radius 1 is 1.24 bits per heavy atom. The summed E-state index contributed by atoms with van der Waals surface area (Å²) in [6.45, 7) is -0.166. The molecule has 0 atom stereocenters. The highest BCUT2D eigenvalue weighted by Gasteiger charge is 2.12. The van der Waals surface area contributed by atoms with Gasteiger partial charge in [-0.05, 0) is 18.2 Å². The van der Waals surface area contributed by atoms with E-state index in [0.29, 0.717) is 23.0 Å². The third kappa shape index (κ3) is 2.09. The van der Waals surface area contributed by atoms with Crippen LogP contribution in [0.3, 0.4) is 0 Å². The van der Waals surface area contributed by atoms with E-state index >= 15 is 0 Å². The number of nitrogens with zero attached hydrogens (tertiary/aromatic N) is 1. The van der Waals surface area contributed by atoms with Crippen LogP contribution in [0.5, 0.6) is 11.5 Å². The summed E-state index contributed by atoms with van der Waals surface area (Å²) in [5.41, 5.74) is 1.28. The molecule has 0 spiro atoms. The quantitative estimate of drug-likeness (QED) is 0.876. The zero-order chi connectivity index (χ0) is 12.3. The van der Waals surface area contributed by atoms with Crippen LogP contribution in [0.25, 0.3) is 11.3 Å². The van der Waals surface area contributed by atoms with Crippen LogP contribution in [0.1, 0.15) is 5.69 Å². The van der Waals surface area contributed by atoms with Crippen LogP contribution in [-0.2, 0) is 6.61 Å². The molecule has 0 radical (unpaired) electrons. The van der Waals surface area contributed by atoms with Crippen molar-refractivity contribution in [3.63, 3.8) is 0 Å². The predicted molar refractivity (Wildman–Crippen MR) is 61.0 cm³/mol. The second-order valence-electron chi connectivity index (χ2n) is 3.36. The SMILES string of the molecule is COc1ccc(-c2ocnc2CO)cc1OC. The van der Waals surface area contributed by atoms with Crippen molar-refractivity contribution in [3.8, 4) is 22.8 Å². The first-order valence-corrected chi connectivity index (χ1v) is 5.05. The van der Waals surface area contributed by atoms with Gasteiger partial charge < -0.3 is 19.0 Å². The molecule has 1 N–H and O–H groups in total. The zero-order valence-corrected chi connectivity index (χ0v) is 9.64. The molecule has 5 heteroatoms. The maximum atomic E-state index is 9.12. The Balaban J connectivity index is 2.46. The average Bonchev–Trinajstić information content (AvgIpc) is 2.86. The summed E-state index contributed by atoms with van der Waals surface area (Å²) in [7, 11) is 3.14. The van der Waals surface area contributed by atoms with E-state index in [1.54, 1.807) is 26.4 Å². The molecule has 1 aromatic heterocycles. The lowest BCUT2D eigenvalue weighted by Crippen LogP contribution is -1.92. The molecule has 1 aromatic carbocycles. The van der Waals surface area contributed by atoms with Crippen LogP contribution >= 0.6 is 0 Å². The van der Waals surface area contributed by atoms with Gasteiger partial charge in [-0.1, -0.05) is 0 Å². The van der Waals surface area contributed by atoms with E-state index < -0.39 is 0 Å². The van der Waals surface area contributed by atoms with Crippen molar-refractivity contribution < 1.29 is 19.0 Å². The number of oxazole rings is 1. The average molecular weight is 235 g/mol. The summed E-state index contributed by atoms with van der Waals surface area (Å²) in [6, 6.07) is 5.37. The lowest BCUT2D eigenvalue weighted by atomic mass is 10.1. The van der Waals surface area contributed by atoms with Gasteiger partial charge in [-0.25, -0.2) is 4.98 Å². The molecule has 5 nitrogen and oxygen atoms in total. The molecule has 0 bridgehead atoms. The van der Waals surface area contributed by atoms with Crippen molar-refractivity contribution in [1.82, 2.24) is 4.98 Å². The van der Waals surface area contributed by atoms with E-state index in [4.69, 9.17) is 19.0 Å². The molecule has 0 aliphatic rings. The number of aromatic nitrogens is 1. The number of rotatable bonds is 4. The standard InChI is InChI=1S/C12H13NO4/c1-15-10-4-3-8(5-11(10)16-2)12-9(6-14)13-7-17-12/h3-5,7,14H,6H2,1-2H3. The second kappa shape index (κ2) is 4.88. The Labute approximate surface area is 98.6 Å². The lowest BCUT2D eigenvalue weighted by molar-refractivity contribution is 0.277. The molecule has 1 heterocycles. The first-order chi connectivity index (χ1) is 8.30. The van der Waals surface area contributed by atoms with Crippen molar-refractivity contribution in [2.24, 2.45) is 0 Å². The van der Waals surface area contributed by atoms with Crippen molar-refractivity contribution in [3.05, 3.63) is 30.3 Å². The highest BCUT2D eigenvalue weighted by Crippen LogP contribution is 2.33. The zero-order valence-electron chi connectivity index (χ0n) is 9.64. The minimum atomic E-state index is -0.166. The van der Waals surface area contributed by atoms with Gasteiger partial charge in [0.1, 0.15) is 5.69 Å². The number of aliphatic hydroxyl groups is 1. The topological polar surface area (TPSA) is 64.7 Å². The van der Waals surface area contributed by atoms with Crippen LogP contribution in [0.15, 0.2) is 29.0 Å². The first-order valence-electron chi connectivity index (χ1n) is 5.05. The molecule has 2 aromatic rings. The molecule has 0 unspecified atom stereocenters. The summed E-state index contributed by atoms with van der Waals surface area (Å²) in [5, 5.41) is 9.12. The first kappa shape index (κ1) is 11.5. The molecule has 0 aliphatic heterocycles. The van der Waals surface area contributed by atoms with E-state index in [9.17, 15) is 0 Å². The molecule has 17 heavy (non-hydrogen) atoms. The molecular weight excluding hydrogens is 222 g/mol. The van der Waals surface area contributed by atoms with Gasteiger partial charge in [0.15, 0.2) is 23.7 Å². The van der Waals surface area contributed by atoms with E-state index in [0.717, 1.165) is 5.56 Å². The van der Waals surface area contributed by atoms with Gasteiger partial charge in [-0.15, -0.1) is 0 Å². The van der Waals surface area contributed by atoms with Gasteiger partial charge in [0.05, 0.1) is 20.8 Å². The molecule has 0 saturated heterocycles. The smallest absolute Gasteiger partial charge is 0.181 e. The van der Waals surface area contributed by atoms with Crippen LogP contribution in [-0.4, -0.2) is 24.3 Å². The Hall–Kier alpha value is -2.01. The third-order valence-electron chi connectivity index (χ3n) is 2.44. The number of methoxy groups -OCH3 is 2. The fourth-order valence-corrected chi connectivity index (χ4v) is 1.59. The molecule has 0 fully saturated rings. The Morgan fingerprint density at radius 2 is 2.00 bits per heavy atom. The van der Waals surface area contributed by atoms with E-state index in [2.05, 4.69) is 4.98 Å². The number of benzene rings is 1. The molecule has 0 aliphatic carbocycles. The summed E-state index contributed by atoms with van der Waals surface area (Å²) >= 11 is 0. The maximum Gasteiger partial charge on any atom is 0.181 e. The second-order valence-corrected chi connectivity index (χ2v) is 3.36.